The lowest BCUT2D eigenvalue weighted by Crippen LogP contribution is -2.34. The summed E-state index contributed by atoms with van der Waals surface area (Å²) in [7, 11) is -2.55. The second-order valence-electron chi connectivity index (χ2n) is 8.07. The minimum Gasteiger partial charge on any atom is -0.376 e. The summed E-state index contributed by atoms with van der Waals surface area (Å²) in [5.41, 5.74) is 3.03. The average molecular weight is 457 g/mol. The molecule has 4 rings (SSSR count). The van der Waals surface area contributed by atoms with Gasteiger partial charge < -0.3 is 14.0 Å². The Morgan fingerprint density at radius 2 is 1.75 bits per heavy atom. The maximum absolute atomic E-state index is 13.8. The fourth-order valence-corrected chi connectivity index (χ4v) is 5.15. The highest BCUT2D eigenvalue weighted by molar-refractivity contribution is 7.93. The van der Waals surface area contributed by atoms with Crippen LogP contribution >= 0.6 is 0 Å². The summed E-state index contributed by atoms with van der Waals surface area (Å²) in [4.78, 5) is 0.173. The highest BCUT2D eigenvalue weighted by Crippen LogP contribution is 2.35. The van der Waals surface area contributed by atoms with Gasteiger partial charge >= 0.3 is 0 Å². The molecule has 32 heavy (non-hydrogen) atoms. The summed E-state index contributed by atoms with van der Waals surface area (Å²) >= 11 is 0. The Morgan fingerprint density at radius 3 is 2.41 bits per heavy atom. The molecule has 170 valence electrons. The van der Waals surface area contributed by atoms with E-state index in [0.29, 0.717) is 29.4 Å². The van der Waals surface area contributed by atoms with Crippen molar-refractivity contribution in [3.05, 3.63) is 65.4 Å². The molecule has 0 bridgehead atoms. The molecule has 1 saturated carbocycles. The van der Waals surface area contributed by atoms with Crippen LogP contribution in [0.4, 0.5) is 5.82 Å². The van der Waals surface area contributed by atoms with Crippen LogP contribution in [0.5, 0.6) is 0 Å². The van der Waals surface area contributed by atoms with Crippen molar-refractivity contribution in [2.45, 2.75) is 38.2 Å². The number of benzene rings is 2. The number of aryl methyl sites for hydroxylation is 1. The van der Waals surface area contributed by atoms with Gasteiger partial charge in [0.05, 0.1) is 11.5 Å². The molecular formula is C24H28N2O5S. The molecule has 0 atom stereocenters. The monoisotopic (exact) mass is 456 g/mol. The summed E-state index contributed by atoms with van der Waals surface area (Å²) in [5.74, 6) is 1.44. The molecule has 0 spiro atoms. The van der Waals surface area contributed by atoms with Crippen molar-refractivity contribution in [2.24, 2.45) is 5.92 Å². The van der Waals surface area contributed by atoms with Gasteiger partial charge in [-0.2, -0.15) is 0 Å². The first-order valence-corrected chi connectivity index (χ1v) is 12.1. The molecule has 0 radical (unpaired) electrons. The van der Waals surface area contributed by atoms with Gasteiger partial charge in [0.2, 0.25) is 0 Å². The summed E-state index contributed by atoms with van der Waals surface area (Å²) in [5, 5.41) is 3.98. The van der Waals surface area contributed by atoms with Gasteiger partial charge in [0.25, 0.3) is 10.0 Å². The summed E-state index contributed by atoms with van der Waals surface area (Å²) in [6.45, 7) is 4.51. The lowest BCUT2D eigenvalue weighted by atomic mass is 10.00. The van der Waals surface area contributed by atoms with Crippen LogP contribution in [-0.2, 0) is 26.1 Å². The van der Waals surface area contributed by atoms with Crippen molar-refractivity contribution < 1.29 is 22.4 Å². The third-order valence-corrected chi connectivity index (χ3v) is 7.46. The fourth-order valence-electron chi connectivity index (χ4n) is 3.56. The SMILES string of the molecule is COCN(c1noc(C)c1C)S(=O)(=O)c1ccccc1-c1ccccc1COCC1CC1. The van der Waals surface area contributed by atoms with Crippen molar-refractivity contribution in [1.82, 2.24) is 5.16 Å². The zero-order chi connectivity index (χ0) is 22.7. The lowest BCUT2D eigenvalue weighted by molar-refractivity contribution is 0.111. The Hall–Kier alpha value is -2.68. The van der Waals surface area contributed by atoms with Crippen molar-refractivity contribution in [1.29, 1.82) is 0 Å². The number of nitrogens with zero attached hydrogens (tertiary/aromatic N) is 2. The number of sulfonamides is 1. The summed E-state index contributed by atoms with van der Waals surface area (Å²) in [6.07, 6.45) is 2.44. The third-order valence-electron chi connectivity index (χ3n) is 5.69. The Morgan fingerprint density at radius 1 is 1.06 bits per heavy atom. The van der Waals surface area contributed by atoms with Crippen LogP contribution in [0.15, 0.2) is 57.9 Å². The highest BCUT2D eigenvalue weighted by Gasteiger charge is 2.32. The van der Waals surface area contributed by atoms with Crippen molar-refractivity contribution in [3.63, 3.8) is 0 Å². The number of ether oxygens (including phenoxy) is 2. The largest absolute Gasteiger partial charge is 0.376 e. The first-order valence-electron chi connectivity index (χ1n) is 10.6. The van der Waals surface area contributed by atoms with E-state index in [1.165, 1.54) is 20.0 Å². The van der Waals surface area contributed by atoms with Crippen LogP contribution in [0, 0.1) is 19.8 Å². The first-order chi connectivity index (χ1) is 15.4. The van der Waals surface area contributed by atoms with Crippen LogP contribution in [0.1, 0.15) is 29.7 Å². The van der Waals surface area contributed by atoms with Gasteiger partial charge in [0.1, 0.15) is 12.5 Å². The van der Waals surface area contributed by atoms with E-state index in [4.69, 9.17) is 14.0 Å². The van der Waals surface area contributed by atoms with Gasteiger partial charge in [0.15, 0.2) is 5.82 Å². The van der Waals surface area contributed by atoms with Gasteiger partial charge in [-0.1, -0.05) is 47.6 Å². The molecule has 0 unspecified atom stereocenters. The molecular weight excluding hydrogens is 428 g/mol. The first kappa shape index (κ1) is 22.5. The summed E-state index contributed by atoms with van der Waals surface area (Å²) in [6, 6.07) is 14.7. The Labute approximate surface area is 189 Å². The third kappa shape index (κ3) is 4.57. The highest BCUT2D eigenvalue weighted by atomic mass is 32.2. The van der Waals surface area contributed by atoms with Gasteiger partial charge in [-0.15, -0.1) is 0 Å². The molecule has 8 heteroatoms. The molecule has 0 amide bonds. The molecule has 3 aromatic rings. The zero-order valence-corrected chi connectivity index (χ0v) is 19.4. The van der Waals surface area contributed by atoms with E-state index in [-0.39, 0.29) is 17.4 Å². The molecule has 0 saturated heterocycles. The Balaban J connectivity index is 1.75. The van der Waals surface area contributed by atoms with E-state index in [2.05, 4.69) is 5.16 Å². The number of hydrogen-bond acceptors (Lipinski definition) is 6. The molecule has 1 fully saturated rings. The molecule has 2 aromatic carbocycles. The molecule has 1 heterocycles. The number of anilines is 1. The predicted octanol–water partition coefficient (Wildman–Crippen LogP) is 4.68. The van der Waals surface area contributed by atoms with Gasteiger partial charge in [-0.05, 0) is 49.8 Å². The Bertz CT molecular complexity index is 1180. The van der Waals surface area contributed by atoms with E-state index in [1.54, 1.807) is 26.0 Å². The maximum Gasteiger partial charge on any atom is 0.268 e. The van der Waals surface area contributed by atoms with Crippen molar-refractivity contribution >= 4 is 15.8 Å². The minimum atomic E-state index is -4.00. The second-order valence-corrected chi connectivity index (χ2v) is 9.90. The normalized spacial score (nSPS) is 14.0. The second kappa shape index (κ2) is 9.44. The fraction of sp³-hybridized carbons (Fsp3) is 0.375. The lowest BCUT2D eigenvalue weighted by Gasteiger charge is -2.23. The quantitative estimate of drug-likeness (QED) is 0.412. The number of methoxy groups -OCH3 is 1. The topological polar surface area (TPSA) is 81.9 Å². The standard InChI is InChI=1S/C24H28N2O5S/c1-17-18(2)31-25-24(17)26(16-29-3)32(27,28)23-11-7-6-10-22(23)21-9-5-4-8-20(21)15-30-14-19-12-13-19/h4-11,19H,12-16H2,1-3H3. The predicted molar refractivity (Wildman–Crippen MR) is 122 cm³/mol. The zero-order valence-electron chi connectivity index (χ0n) is 18.6. The van der Waals surface area contributed by atoms with Gasteiger partial charge in [-0.3, -0.25) is 0 Å². The Kier molecular flexibility index (Phi) is 6.64. The van der Waals surface area contributed by atoms with Crippen molar-refractivity contribution in [3.8, 4) is 11.1 Å². The van der Waals surface area contributed by atoms with Crippen LogP contribution < -0.4 is 4.31 Å². The van der Waals surface area contributed by atoms with E-state index < -0.39 is 10.0 Å². The molecule has 0 N–H and O–H groups in total. The van der Waals surface area contributed by atoms with Crippen molar-refractivity contribution in [2.75, 3.05) is 24.8 Å². The number of rotatable bonds is 10. The van der Waals surface area contributed by atoms with Crippen LogP contribution in [-0.4, -0.2) is 34.0 Å². The molecule has 1 aromatic heterocycles. The van der Waals surface area contributed by atoms with E-state index in [1.807, 2.05) is 36.4 Å². The van der Waals surface area contributed by atoms with E-state index >= 15 is 0 Å². The van der Waals surface area contributed by atoms with Gasteiger partial charge in [-0.25, -0.2) is 12.7 Å². The number of hydrogen-bond donors (Lipinski definition) is 0. The smallest absolute Gasteiger partial charge is 0.268 e. The van der Waals surface area contributed by atoms with Crippen LogP contribution in [0.2, 0.25) is 0 Å². The van der Waals surface area contributed by atoms with Crippen LogP contribution in [0.25, 0.3) is 11.1 Å². The molecule has 7 nitrogen and oxygen atoms in total. The van der Waals surface area contributed by atoms with Gasteiger partial charge in [0, 0.05) is 24.8 Å². The number of aromatic nitrogens is 1. The van der Waals surface area contributed by atoms with E-state index in [9.17, 15) is 8.42 Å². The average Bonchev–Trinajstić information content (AvgIpc) is 3.57. The van der Waals surface area contributed by atoms with Crippen LogP contribution in [0.3, 0.4) is 0 Å². The molecule has 1 aliphatic carbocycles. The molecule has 0 aliphatic heterocycles. The minimum absolute atomic E-state index is 0.173. The molecule has 1 aliphatic rings. The summed E-state index contributed by atoms with van der Waals surface area (Å²) < 4.78 is 45.2. The van der Waals surface area contributed by atoms with E-state index in [0.717, 1.165) is 22.0 Å². The maximum atomic E-state index is 13.8.